The van der Waals surface area contributed by atoms with Crippen LogP contribution in [0.25, 0.3) is 0 Å². The second-order valence-corrected chi connectivity index (χ2v) is 1.86. The van der Waals surface area contributed by atoms with Crippen LogP contribution in [-0.2, 0) is 0 Å². The summed E-state index contributed by atoms with van der Waals surface area (Å²) in [5, 5.41) is 0.221. The van der Waals surface area contributed by atoms with Crippen molar-refractivity contribution in [2.75, 3.05) is 0 Å². The summed E-state index contributed by atoms with van der Waals surface area (Å²) in [5.41, 5.74) is 5.07. The second-order valence-electron chi connectivity index (χ2n) is 1.44. The Kier molecular flexibility index (Phi) is 4.45. The predicted molar refractivity (Wildman–Crippen MR) is 40.2 cm³/mol. The Morgan fingerprint density at radius 2 is 2.50 bits per heavy atom. The maximum absolute atomic E-state index is 5.07. The fourth-order valence-corrected chi connectivity index (χ4v) is 0.358. The Morgan fingerprint density at radius 3 is 2.88 bits per heavy atom. The molecule has 2 nitrogen and oxygen atoms in total. The maximum Gasteiger partial charge on any atom is 0.189 e. The molecule has 0 spiro atoms. The smallest absolute Gasteiger partial charge is 0.189 e. The Balaban J connectivity index is 3.20. The second kappa shape index (κ2) is 4.71. The van der Waals surface area contributed by atoms with E-state index in [1.54, 1.807) is 6.21 Å². The molecule has 0 unspecified atom stereocenters. The average molecular weight is 130 g/mol. The minimum atomic E-state index is 0.221. The molecule has 0 aliphatic carbocycles. The molecule has 8 heavy (non-hydrogen) atoms. The first-order chi connectivity index (χ1) is 3.77. The van der Waals surface area contributed by atoms with Gasteiger partial charge in [0.25, 0.3) is 0 Å². The van der Waals surface area contributed by atoms with Gasteiger partial charge in [0.2, 0.25) is 0 Å². The number of thiocarbonyl (C=S) groups is 1. The molecule has 0 aromatic carbocycles. The predicted octanol–water partition coefficient (Wildman–Crippen LogP) is 1.10. The summed E-state index contributed by atoms with van der Waals surface area (Å²) >= 11 is 4.49. The molecule has 0 aromatic rings. The summed E-state index contributed by atoms with van der Waals surface area (Å²) in [6.45, 7) is 2.07. The van der Waals surface area contributed by atoms with E-state index in [1.807, 2.05) is 0 Å². The number of unbranched alkanes of at least 4 members (excludes halogenated alkanes) is 1. The lowest BCUT2D eigenvalue weighted by atomic mass is 10.4. The third-order valence-electron chi connectivity index (χ3n) is 0.636. The highest BCUT2D eigenvalue weighted by molar-refractivity contribution is 7.80. The fourth-order valence-electron chi connectivity index (χ4n) is 0.284. The third-order valence-corrected chi connectivity index (χ3v) is 0.742. The van der Waals surface area contributed by atoms with Gasteiger partial charge in [0.15, 0.2) is 5.11 Å². The number of nitrogens with two attached hydrogens (primary N) is 1. The van der Waals surface area contributed by atoms with Crippen molar-refractivity contribution in [2.45, 2.75) is 19.8 Å². The van der Waals surface area contributed by atoms with Crippen molar-refractivity contribution in [1.29, 1.82) is 0 Å². The van der Waals surface area contributed by atoms with Crippen molar-refractivity contribution in [3.05, 3.63) is 0 Å². The summed E-state index contributed by atoms with van der Waals surface area (Å²) in [6, 6.07) is 0. The van der Waals surface area contributed by atoms with Gasteiger partial charge in [0.05, 0.1) is 0 Å². The number of aliphatic imine (C=N–C) groups is 1. The van der Waals surface area contributed by atoms with E-state index in [1.165, 1.54) is 0 Å². The number of hydrogen-bond acceptors (Lipinski definition) is 1. The van der Waals surface area contributed by atoms with Crippen LogP contribution in [0.15, 0.2) is 4.99 Å². The molecular formula is C5H10N2S. The molecule has 0 atom stereocenters. The van der Waals surface area contributed by atoms with Crippen LogP contribution >= 0.6 is 12.2 Å². The van der Waals surface area contributed by atoms with E-state index >= 15 is 0 Å². The molecule has 0 bridgehead atoms. The molecule has 0 saturated carbocycles. The highest BCUT2D eigenvalue weighted by atomic mass is 32.1. The summed E-state index contributed by atoms with van der Waals surface area (Å²) in [7, 11) is 0. The van der Waals surface area contributed by atoms with Gasteiger partial charge in [-0.3, -0.25) is 0 Å². The van der Waals surface area contributed by atoms with Crippen LogP contribution < -0.4 is 5.73 Å². The topological polar surface area (TPSA) is 38.4 Å². The molecular weight excluding hydrogens is 120 g/mol. The van der Waals surface area contributed by atoms with E-state index in [-0.39, 0.29) is 5.11 Å². The van der Waals surface area contributed by atoms with Crippen LogP contribution in [-0.4, -0.2) is 11.3 Å². The quantitative estimate of drug-likeness (QED) is 0.449. The Hall–Kier alpha value is -0.440. The van der Waals surface area contributed by atoms with Crippen molar-refractivity contribution in [2.24, 2.45) is 10.7 Å². The Bertz CT molecular complexity index is 98.6. The molecule has 2 N–H and O–H groups in total. The van der Waals surface area contributed by atoms with Gasteiger partial charge >= 0.3 is 0 Å². The van der Waals surface area contributed by atoms with Crippen LogP contribution in [0.1, 0.15) is 19.8 Å². The van der Waals surface area contributed by atoms with Crippen LogP contribution in [0.5, 0.6) is 0 Å². The van der Waals surface area contributed by atoms with Gasteiger partial charge in [-0.25, -0.2) is 4.99 Å². The zero-order chi connectivity index (χ0) is 6.41. The summed E-state index contributed by atoms with van der Waals surface area (Å²) in [5.74, 6) is 0. The van der Waals surface area contributed by atoms with E-state index in [4.69, 9.17) is 5.73 Å². The van der Waals surface area contributed by atoms with Gasteiger partial charge in [0, 0.05) is 6.21 Å². The Morgan fingerprint density at radius 1 is 1.88 bits per heavy atom. The molecule has 0 rings (SSSR count). The zero-order valence-corrected chi connectivity index (χ0v) is 5.74. The highest BCUT2D eigenvalue weighted by Gasteiger charge is 1.75. The van der Waals surface area contributed by atoms with Gasteiger partial charge in [-0.05, 0) is 18.6 Å². The van der Waals surface area contributed by atoms with Gasteiger partial charge < -0.3 is 5.73 Å². The van der Waals surface area contributed by atoms with Crippen molar-refractivity contribution in [3.63, 3.8) is 0 Å². The fraction of sp³-hybridized carbons (Fsp3) is 0.600. The average Bonchev–Trinajstić information content (AvgIpc) is 1.66. The first-order valence-electron chi connectivity index (χ1n) is 2.59. The summed E-state index contributed by atoms with van der Waals surface area (Å²) in [6.07, 6.45) is 3.78. The number of rotatable bonds is 2. The van der Waals surface area contributed by atoms with E-state index in [0.717, 1.165) is 12.8 Å². The van der Waals surface area contributed by atoms with Crippen LogP contribution in [0.2, 0.25) is 0 Å². The lowest BCUT2D eigenvalue weighted by molar-refractivity contribution is 1.01. The molecule has 0 heterocycles. The SMILES string of the molecule is CCCC=NC(N)=S. The van der Waals surface area contributed by atoms with Crippen LogP contribution in [0.3, 0.4) is 0 Å². The summed E-state index contributed by atoms with van der Waals surface area (Å²) in [4.78, 5) is 3.70. The minimum Gasteiger partial charge on any atom is -0.374 e. The standard InChI is InChI=1S/C5H10N2S/c1-2-3-4-7-5(6)8/h4H,2-3H2,1H3,(H2,6,8). The van der Waals surface area contributed by atoms with E-state index < -0.39 is 0 Å². The third kappa shape index (κ3) is 5.56. The van der Waals surface area contributed by atoms with Gasteiger partial charge in [-0.15, -0.1) is 0 Å². The van der Waals surface area contributed by atoms with Crippen molar-refractivity contribution in [1.82, 2.24) is 0 Å². The molecule has 0 radical (unpaired) electrons. The summed E-state index contributed by atoms with van der Waals surface area (Å²) < 4.78 is 0. The molecule has 0 fully saturated rings. The molecule has 0 aromatic heterocycles. The first kappa shape index (κ1) is 7.56. The van der Waals surface area contributed by atoms with E-state index in [9.17, 15) is 0 Å². The number of hydrogen-bond donors (Lipinski definition) is 1. The largest absolute Gasteiger partial charge is 0.374 e. The van der Waals surface area contributed by atoms with Gasteiger partial charge in [-0.2, -0.15) is 0 Å². The monoisotopic (exact) mass is 130 g/mol. The minimum absolute atomic E-state index is 0.221. The highest BCUT2D eigenvalue weighted by Crippen LogP contribution is 1.79. The van der Waals surface area contributed by atoms with Crippen molar-refractivity contribution >= 4 is 23.5 Å². The molecule has 0 saturated heterocycles. The van der Waals surface area contributed by atoms with E-state index in [2.05, 4.69) is 24.1 Å². The molecule has 3 heteroatoms. The Labute approximate surface area is 54.8 Å². The molecule has 0 aliphatic heterocycles. The van der Waals surface area contributed by atoms with Crippen LogP contribution in [0, 0.1) is 0 Å². The lowest BCUT2D eigenvalue weighted by Crippen LogP contribution is -2.03. The number of nitrogens with zero attached hydrogens (tertiary/aromatic N) is 1. The molecule has 0 aliphatic rings. The van der Waals surface area contributed by atoms with Crippen molar-refractivity contribution in [3.8, 4) is 0 Å². The molecule has 0 amide bonds. The zero-order valence-electron chi connectivity index (χ0n) is 4.92. The lowest BCUT2D eigenvalue weighted by Gasteiger charge is -1.82. The van der Waals surface area contributed by atoms with Gasteiger partial charge in [-0.1, -0.05) is 13.3 Å². The molecule has 46 valence electrons. The normalized spacial score (nSPS) is 10.1. The van der Waals surface area contributed by atoms with Gasteiger partial charge in [0.1, 0.15) is 0 Å². The maximum atomic E-state index is 5.07. The van der Waals surface area contributed by atoms with E-state index in [0.29, 0.717) is 0 Å². The van der Waals surface area contributed by atoms with Crippen molar-refractivity contribution < 1.29 is 0 Å². The first-order valence-corrected chi connectivity index (χ1v) is 3.00. The van der Waals surface area contributed by atoms with Crippen LogP contribution in [0.4, 0.5) is 0 Å².